The van der Waals surface area contributed by atoms with Gasteiger partial charge in [-0.25, -0.2) is 9.59 Å². The normalized spacial score (nSPS) is 43.1. The van der Waals surface area contributed by atoms with Crippen LogP contribution in [0.1, 0.15) is 115 Å². The van der Waals surface area contributed by atoms with Crippen LogP contribution in [0.2, 0.25) is 0 Å². The van der Waals surface area contributed by atoms with Gasteiger partial charge in [0.1, 0.15) is 0 Å². The molecule has 4 saturated carbocycles. The molecule has 4 heteroatoms. The van der Waals surface area contributed by atoms with Gasteiger partial charge in [0.25, 0.3) is 0 Å². The van der Waals surface area contributed by atoms with Crippen LogP contribution in [0.5, 0.6) is 0 Å². The predicted octanol–water partition coefficient (Wildman–Crippen LogP) is 9.68. The maximum atomic E-state index is 11.7. The molecule has 5 aliphatic rings. The second-order valence-corrected chi connectivity index (χ2v) is 16.5. The molecule has 0 spiro atoms. The molecule has 1 aromatic carbocycles. The van der Waals surface area contributed by atoms with Crippen LogP contribution < -0.4 is 0 Å². The minimum atomic E-state index is -0.878. The Balaban J connectivity index is 1.36. The predicted molar refractivity (Wildman–Crippen MR) is 173 cm³/mol. The van der Waals surface area contributed by atoms with Crippen molar-refractivity contribution in [2.75, 3.05) is 0 Å². The smallest absolute Gasteiger partial charge is 0.335 e. The summed E-state index contributed by atoms with van der Waals surface area (Å²) in [5, 5.41) is 19.0. The van der Waals surface area contributed by atoms with Crippen LogP contribution in [0.4, 0.5) is 0 Å². The lowest BCUT2D eigenvalue weighted by Gasteiger charge is -2.72. The fourth-order valence-electron chi connectivity index (χ4n) is 12.6. The van der Waals surface area contributed by atoms with Crippen LogP contribution >= 0.6 is 0 Å². The van der Waals surface area contributed by atoms with Gasteiger partial charge in [-0.05, 0) is 145 Å². The third-order valence-corrected chi connectivity index (χ3v) is 14.7. The summed E-state index contributed by atoms with van der Waals surface area (Å²) in [5.74, 6) is 1.03. The Morgan fingerprint density at radius 1 is 0.860 bits per heavy atom. The van der Waals surface area contributed by atoms with E-state index < -0.39 is 11.9 Å². The van der Waals surface area contributed by atoms with Crippen LogP contribution in [0.15, 0.2) is 54.6 Å². The van der Waals surface area contributed by atoms with Gasteiger partial charge >= 0.3 is 11.9 Å². The minimum Gasteiger partial charge on any atom is -0.478 e. The molecule has 0 bridgehead atoms. The van der Waals surface area contributed by atoms with Crippen LogP contribution in [-0.4, -0.2) is 22.2 Å². The first-order valence-electron chi connectivity index (χ1n) is 16.7. The number of hydrogen-bond acceptors (Lipinski definition) is 2. The van der Waals surface area contributed by atoms with E-state index >= 15 is 0 Å². The van der Waals surface area contributed by atoms with Crippen molar-refractivity contribution in [2.24, 2.45) is 56.7 Å². The maximum absolute atomic E-state index is 11.7. The fraction of sp³-hybridized carbons (Fsp3) is 0.641. The molecule has 4 fully saturated rings. The Labute approximate surface area is 258 Å². The molecule has 0 saturated heterocycles. The molecule has 0 heterocycles. The van der Waals surface area contributed by atoms with Crippen molar-refractivity contribution in [2.45, 2.75) is 99.3 Å². The molecule has 5 aliphatic carbocycles. The van der Waals surface area contributed by atoms with Gasteiger partial charge in [-0.15, -0.1) is 0 Å². The summed E-state index contributed by atoms with van der Waals surface area (Å²) >= 11 is 0. The lowest BCUT2D eigenvalue weighted by molar-refractivity contribution is -0.221. The lowest BCUT2D eigenvalue weighted by atomic mass is 9.32. The lowest BCUT2D eigenvalue weighted by Crippen LogP contribution is -2.65. The van der Waals surface area contributed by atoms with E-state index in [1.807, 2.05) is 12.1 Å². The maximum Gasteiger partial charge on any atom is 0.335 e. The van der Waals surface area contributed by atoms with E-state index in [0.29, 0.717) is 35.2 Å². The summed E-state index contributed by atoms with van der Waals surface area (Å²) < 4.78 is 0. The molecule has 0 aromatic heterocycles. The highest BCUT2D eigenvalue weighted by atomic mass is 16.4. The molecule has 1 unspecified atom stereocenters. The van der Waals surface area contributed by atoms with Crippen LogP contribution in [0.25, 0.3) is 5.57 Å². The van der Waals surface area contributed by atoms with Crippen molar-refractivity contribution in [3.8, 4) is 0 Å². The summed E-state index contributed by atoms with van der Waals surface area (Å²) in [6.07, 6.45) is 16.5. The molecule has 43 heavy (non-hydrogen) atoms. The van der Waals surface area contributed by atoms with Gasteiger partial charge in [-0.3, -0.25) is 0 Å². The summed E-state index contributed by atoms with van der Waals surface area (Å²) in [6.45, 7) is 19.4. The van der Waals surface area contributed by atoms with Crippen LogP contribution in [-0.2, 0) is 4.79 Å². The van der Waals surface area contributed by atoms with Gasteiger partial charge < -0.3 is 10.2 Å². The zero-order chi connectivity index (χ0) is 31.2. The monoisotopic (exact) mass is 584 g/mol. The molecular formula is C39H52O4. The average molecular weight is 585 g/mol. The molecule has 0 radical (unpaired) electrons. The van der Waals surface area contributed by atoms with E-state index in [-0.39, 0.29) is 27.1 Å². The Morgan fingerprint density at radius 3 is 2.19 bits per heavy atom. The Bertz CT molecular complexity index is 1400. The van der Waals surface area contributed by atoms with Gasteiger partial charge in [0.05, 0.1) is 5.56 Å². The third-order valence-electron chi connectivity index (χ3n) is 14.7. The second kappa shape index (κ2) is 9.94. The number of carboxylic acids is 2. The molecule has 1 aromatic rings. The molecule has 232 valence electrons. The Kier molecular flexibility index (Phi) is 7.03. The first-order chi connectivity index (χ1) is 20.1. The molecule has 0 aliphatic heterocycles. The van der Waals surface area contributed by atoms with E-state index in [1.165, 1.54) is 49.3 Å². The number of allylic oxidation sites excluding steroid dienone is 4. The number of rotatable bonds is 5. The van der Waals surface area contributed by atoms with Gasteiger partial charge in [0, 0.05) is 6.08 Å². The minimum absolute atomic E-state index is 0.00330. The Hall–Kier alpha value is -2.62. The Morgan fingerprint density at radius 2 is 1.56 bits per heavy atom. The zero-order valence-electron chi connectivity index (χ0n) is 27.2. The van der Waals surface area contributed by atoms with Crippen LogP contribution in [0.3, 0.4) is 0 Å². The largest absolute Gasteiger partial charge is 0.478 e. The summed E-state index contributed by atoms with van der Waals surface area (Å²) in [4.78, 5) is 23.2. The average Bonchev–Trinajstić information content (AvgIpc) is 3.32. The van der Waals surface area contributed by atoms with E-state index in [1.54, 1.807) is 12.1 Å². The van der Waals surface area contributed by atoms with Gasteiger partial charge in [-0.2, -0.15) is 0 Å². The highest BCUT2D eigenvalue weighted by Gasteiger charge is 2.70. The van der Waals surface area contributed by atoms with Crippen LogP contribution in [0, 0.1) is 56.7 Å². The topological polar surface area (TPSA) is 74.6 Å². The van der Waals surface area contributed by atoms with Crippen molar-refractivity contribution >= 4 is 17.5 Å². The summed E-state index contributed by atoms with van der Waals surface area (Å²) in [5.41, 5.74) is 4.79. The van der Waals surface area contributed by atoms with Crippen molar-refractivity contribution in [1.29, 1.82) is 0 Å². The van der Waals surface area contributed by atoms with E-state index in [4.69, 9.17) is 0 Å². The molecular weight excluding hydrogens is 532 g/mol. The fourth-order valence-corrected chi connectivity index (χ4v) is 12.6. The molecule has 0 amide bonds. The van der Waals surface area contributed by atoms with Crippen molar-refractivity contribution < 1.29 is 19.8 Å². The number of carboxylic acid groups (broad SMARTS) is 2. The van der Waals surface area contributed by atoms with Gasteiger partial charge in [0.2, 0.25) is 0 Å². The van der Waals surface area contributed by atoms with E-state index in [2.05, 4.69) is 60.3 Å². The van der Waals surface area contributed by atoms with Gasteiger partial charge in [-0.1, -0.05) is 71.1 Å². The first-order valence-corrected chi connectivity index (χ1v) is 16.7. The summed E-state index contributed by atoms with van der Waals surface area (Å²) in [7, 11) is 0. The van der Waals surface area contributed by atoms with Crippen molar-refractivity contribution in [3.05, 3.63) is 65.8 Å². The zero-order valence-corrected chi connectivity index (χ0v) is 27.2. The van der Waals surface area contributed by atoms with E-state index in [9.17, 15) is 19.8 Å². The standard InChI is InChI=1S/C39H52O4/c1-24(2)27-14-20-39(21-17-32(40)41)23-22-37(6)29(33(27)39)12-13-31-36(5)18-15-28(25-8-10-26(11-9-25)34(42)43)35(3,4)30(36)16-19-38(31,37)7/h8-11,15,17,21,27,29-31,33H,1,12-14,16,18-20,22-23H2,2-7H3,(H,40,41)(H,42,43)/b21-17+/t27?,29-,30+,31-,33-,36+,37-,38-,39+/m1/s1. The van der Waals surface area contributed by atoms with Crippen molar-refractivity contribution in [3.63, 3.8) is 0 Å². The summed E-state index contributed by atoms with van der Waals surface area (Å²) in [6, 6.07) is 7.51. The molecule has 9 atom stereocenters. The first kappa shape index (κ1) is 30.4. The second-order valence-electron chi connectivity index (χ2n) is 16.5. The number of carbonyl (C=O) groups is 2. The molecule has 4 nitrogen and oxygen atoms in total. The number of hydrogen-bond donors (Lipinski definition) is 2. The van der Waals surface area contributed by atoms with E-state index in [0.717, 1.165) is 31.2 Å². The highest BCUT2D eigenvalue weighted by molar-refractivity contribution is 5.88. The molecule has 6 rings (SSSR count). The molecule has 2 N–H and O–H groups in total. The van der Waals surface area contributed by atoms with Crippen molar-refractivity contribution in [1.82, 2.24) is 0 Å². The third kappa shape index (κ3) is 4.21. The quantitative estimate of drug-likeness (QED) is 0.267. The highest BCUT2D eigenvalue weighted by Crippen LogP contribution is 2.77. The SMILES string of the molecule is C=C(C)C1CC[C@]2(/C=C/C(=O)O)CC[C@]3(C)[C@H](CC[C@@H]4[C@@]5(C)CC=C(c6ccc(C(=O)O)cc6)C(C)(C)[C@@H]5CC[C@]43C)[C@@H]12. The number of aromatic carboxylic acids is 1. The number of aliphatic carboxylic acids is 1. The number of benzene rings is 1. The number of fused-ring (bicyclic) bond motifs is 7. The van der Waals surface area contributed by atoms with Gasteiger partial charge in [0.15, 0.2) is 0 Å².